The highest BCUT2D eigenvalue weighted by molar-refractivity contribution is 5.94. The number of carbonyl (C=O) groups is 3. The largest absolute Gasteiger partial charge is 0.468 e. The van der Waals surface area contributed by atoms with Crippen molar-refractivity contribution in [3.05, 3.63) is 76.2 Å². The number of rotatable bonds is 26. The Morgan fingerprint density at radius 1 is 0.667 bits per heavy atom. The molecule has 0 fully saturated rings. The molecule has 0 bridgehead atoms. The van der Waals surface area contributed by atoms with E-state index in [-0.39, 0.29) is 42.7 Å². The Kier molecular flexibility index (Phi) is 19.2. The van der Waals surface area contributed by atoms with Crippen molar-refractivity contribution >= 4 is 41.3 Å². The molecule has 0 radical (unpaired) electrons. The van der Waals surface area contributed by atoms with E-state index in [1.165, 1.54) is 7.11 Å². The fourth-order valence-electron chi connectivity index (χ4n) is 3.94. The molecule has 5 N–H and O–H groups in total. The maximum Gasteiger partial charge on any atom is 0.325 e. The number of hydrogen-bond donors (Lipinski definition) is 5. The number of hydrogen-bond acceptors (Lipinski definition) is 15. The highest BCUT2D eigenvalue weighted by Gasteiger charge is 2.10. The second kappa shape index (κ2) is 24.5. The van der Waals surface area contributed by atoms with Crippen LogP contribution in [0.2, 0.25) is 0 Å². The fraction of sp³-hybridized carbons (Fsp3) is 0.438. The molecule has 51 heavy (non-hydrogen) atoms. The number of carbonyl (C=O) groups excluding carboxylic acids is 3. The smallest absolute Gasteiger partial charge is 0.325 e. The van der Waals surface area contributed by atoms with E-state index in [2.05, 4.69) is 56.3 Å². The molecule has 0 saturated carbocycles. The predicted molar refractivity (Wildman–Crippen MR) is 187 cm³/mol. The van der Waals surface area contributed by atoms with Gasteiger partial charge < -0.3 is 50.3 Å². The van der Waals surface area contributed by atoms with Crippen molar-refractivity contribution in [1.82, 2.24) is 25.6 Å². The molecule has 2 aromatic carbocycles. The summed E-state index contributed by atoms with van der Waals surface area (Å²) in [4.78, 5) is 51.8. The van der Waals surface area contributed by atoms with Gasteiger partial charge in [-0.3, -0.25) is 14.4 Å². The van der Waals surface area contributed by atoms with Crippen molar-refractivity contribution in [2.24, 2.45) is 5.11 Å². The molecule has 1 heterocycles. The van der Waals surface area contributed by atoms with Gasteiger partial charge in [-0.15, -0.1) is 0 Å². The van der Waals surface area contributed by atoms with E-state index < -0.39 is 5.97 Å². The van der Waals surface area contributed by atoms with E-state index in [9.17, 15) is 14.4 Å². The van der Waals surface area contributed by atoms with Gasteiger partial charge in [0.15, 0.2) is 0 Å². The number of anilines is 4. The van der Waals surface area contributed by atoms with Gasteiger partial charge in [0.25, 0.3) is 11.8 Å². The third kappa shape index (κ3) is 17.1. The lowest BCUT2D eigenvalue weighted by Gasteiger charge is -2.12. The third-order valence-corrected chi connectivity index (χ3v) is 6.43. The lowest BCUT2D eigenvalue weighted by atomic mass is 10.2. The van der Waals surface area contributed by atoms with E-state index >= 15 is 0 Å². The lowest BCUT2D eigenvalue weighted by molar-refractivity contribution is -0.138. The number of nitrogens with one attached hydrogen (secondary N) is 5. The quantitative estimate of drug-likeness (QED) is 0.0264. The summed E-state index contributed by atoms with van der Waals surface area (Å²) in [6.45, 7) is 3.92. The molecule has 19 nitrogen and oxygen atoms in total. The molecule has 0 saturated heterocycles. The van der Waals surface area contributed by atoms with E-state index in [1.807, 2.05) is 6.07 Å². The zero-order valence-electron chi connectivity index (χ0n) is 28.3. The van der Waals surface area contributed by atoms with Crippen LogP contribution in [0.25, 0.3) is 10.4 Å². The van der Waals surface area contributed by atoms with Crippen LogP contribution in [0.4, 0.5) is 23.5 Å². The van der Waals surface area contributed by atoms with Crippen LogP contribution in [-0.4, -0.2) is 125 Å². The highest BCUT2D eigenvalue weighted by atomic mass is 16.5. The molecule has 19 heteroatoms. The number of esters is 1. The molecular formula is C32H43N11O8. The minimum atomic E-state index is -0.498. The number of nitrogens with zero attached hydrogens (tertiary/aromatic N) is 6. The maximum atomic E-state index is 12.5. The molecule has 0 aliphatic heterocycles. The van der Waals surface area contributed by atoms with Crippen molar-refractivity contribution in [2.75, 3.05) is 109 Å². The zero-order chi connectivity index (χ0) is 36.4. The minimum absolute atomic E-state index is 0.131. The number of methoxy groups -OCH3 is 1. The zero-order valence-corrected chi connectivity index (χ0v) is 28.3. The van der Waals surface area contributed by atoms with E-state index in [0.29, 0.717) is 89.3 Å². The van der Waals surface area contributed by atoms with E-state index in [4.69, 9.17) is 24.5 Å². The van der Waals surface area contributed by atoms with Crippen LogP contribution in [0.15, 0.2) is 59.7 Å². The Morgan fingerprint density at radius 3 is 1.78 bits per heavy atom. The van der Waals surface area contributed by atoms with E-state index in [0.717, 1.165) is 0 Å². The normalized spacial score (nSPS) is 10.5. The summed E-state index contributed by atoms with van der Waals surface area (Å²) in [6.07, 6.45) is 0. The van der Waals surface area contributed by atoms with Gasteiger partial charge >= 0.3 is 5.97 Å². The molecule has 0 unspecified atom stereocenters. The minimum Gasteiger partial charge on any atom is -0.468 e. The summed E-state index contributed by atoms with van der Waals surface area (Å²) in [6, 6.07) is 15.6. The molecule has 3 aromatic rings. The van der Waals surface area contributed by atoms with Crippen molar-refractivity contribution in [3.8, 4) is 0 Å². The van der Waals surface area contributed by atoms with Gasteiger partial charge in [0.05, 0.1) is 60.0 Å². The van der Waals surface area contributed by atoms with Crippen molar-refractivity contribution in [3.63, 3.8) is 0 Å². The van der Waals surface area contributed by atoms with Crippen LogP contribution < -0.4 is 26.6 Å². The fourth-order valence-corrected chi connectivity index (χ4v) is 3.94. The first-order valence-corrected chi connectivity index (χ1v) is 16.1. The monoisotopic (exact) mass is 709 g/mol. The Bertz CT molecular complexity index is 1530. The molecule has 0 aliphatic rings. The molecule has 0 aliphatic carbocycles. The topological polar surface area (TPSA) is 245 Å². The highest BCUT2D eigenvalue weighted by Crippen LogP contribution is 2.17. The summed E-state index contributed by atoms with van der Waals surface area (Å²) < 4.78 is 26.4. The number of amides is 2. The first kappa shape index (κ1) is 39.8. The summed E-state index contributed by atoms with van der Waals surface area (Å²) in [7, 11) is 1.28. The first-order chi connectivity index (χ1) is 25.0. The van der Waals surface area contributed by atoms with Crippen LogP contribution in [0.3, 0.4) is 0 Å². The Balaban J connectivity index is 1.38. The number of aromatic nitrogens is 3. The number of azide groups is 1. The summed E-state index contributed by atoms with van der Waals surface area (Å²) in [5, 5.41) is 17.9. The Morgan fingerprint density at radius 2 is 1.20 bits per heavy atom. The second-order valence-electron chi connectivity index (χ2n) is 10.1. The van der Waals surface area contributed by atoms with Gasteiger partial charge in [-0.05, 0) is 41.9 Å². The van der Waals surface area contributed by atoms with Gasteiger partial charge in [0.2, 0.25) is 17.8 Å². The standard InChI is InChI=1S/C32H43N11O8/c1-47-27(44)23-37-31-40-30(36-13-17-50-20-19-48-15-11-34-28(45)24-5-3-2-4-6-24)41-32(42-31)39-26-9-7-25(8-10-26)29(46)35-12-16-49-21-22-51-18-14-38-43-33/h2-10H,11-23H2,1H3,(H,34,45)(H,35,46)(H3,36,37,39,40,41,42). The van der Waals surface area contributed by atoms with Crippen LogP contribution in [0.1, 0.15) is 20.7 Å². The Labute approximate surface area is 294 Å². The first-order valence-electron chi connectivity index (χ1n) is 16.1. The summed E-state index contributed by atoms with van der Waals surface area (Å²) >= 11 is 0. The van der Waals surface area contributed by atoms with Crippen molar-refractivity contribution in [1.29, 1.82) is 0 Å². The van der Waals surface area contributed by atoms with Crippen LogP contribution >= 0.6 is 0 Å². The molecule has 274 valence electrons. The summed E-state index contributed by atoms with van der Waals surface area (Å²) in [5.74, 6) is -0.373. The third-order valence-electron chi connectivity index (χ3n) is 6.43. The molecule has 1 aromatic heterocycles. The number of ether oxygens (including phenoxy) is 5. The van der Waals surface area contributed by atoms with Crippen LogP contribution in [-0.2, 0) is 28.5 Å². The van der Waals surface area contributed by atoms with Gasteiger partial charge in [-0.1, -0.05) is 23.3 Å². The van der Waals surface area contributed by atoms with Crippen molar-refractivity contribution in [2.45, 2.75) is 0 Å². The van der Waals surface area contributed by atoms with Gasteiger partial charge in [-0.2, -0.15) is 15.0 Å². The van der Waals surface area contributed by atoms with Gasteiger partial charge in [0, 0.05) is 47.9 Å². The van der Waals surface area contributed by atoms with Crippen LogP contribution in [0, 0.1) is 0 Å². The second-order valence-corrected chi connectivity index (χ2v) is 10.1. The van der Waals surface area contributed by atoms with Crippen LogP contribution in [0.5, 0.6) is 0 Å². The predicted octanol–water partition coefficient (Wildman–Crippen LogP) is 2.15. The van der Waals surface area contributed by atoms with E-state index in [1.54, 1.807) is 48.5 Å². The molecule has 2 amide bonds. The molecule has 0 spiro atoms. The molecule has 0 atom stereocenters. The average molecular weight is 710 g/mol. The average Bonchev–Trinajstić information content (AvgIpc) is 3.15. The number of benzene rings is 2. The summed E-state index contributed by atoms with van der Waals surface area (Å²) in [5.41, 5.74) is 9.86. The lowest BCUT2D eigenvalue weighted by Crippen LogP contribution is -2.27. The maximum absolute atomic E-state index is 12.5. The SMILES string of the molecule is COC(=O)CNc1nc(NCCOCCOCCNC(=O)c2ccccc2)nc(Nc2ccc(C(=O)NCCOCCOCCN=[N+]=[N-])cc2)n1. The Hall–Kier alpha value is -5.59. The van der Waals surface area contributed by atoms with Gasteiger partial charge in [-0.25, -0.2) is 0 Å². The van der Waals surface area contributed by atoms with Gasteiger partial charge in [0.1, 0.15) is 6.54 Å². The molecular weight excluding hydrogens is 666 g/mol. The van der Waals surface area contributed by atoms with Crippen molar-refractivity contribution < 1.29 is 38.1 Å². The molecule has 3 rings (SSSR count).